The van der Waals surface area contributed by atoms with E-state index in [0.29, 0.717) is 34.1 Å². The molecule has 8 heteroatoms. The number of hydrogen-bond acceptors (Lipinski definition) is 4. The minimum Gasteiger partial charge on any atom is -0.469 e. The molecule has 0 saturated heterocycles. The summed E-state index contributed by atoms with van der Waals surface area (Å²) < 4.78 is 6.52. The SMILES string of the molecule is COC(=O)CCc1c(C)nn(-c2ccc(C(=O)Nc3cc(Cl)ccc3Cl)cc2)c1C. The van der Waals surface area contributed by atoms with E-state index in [0.717, 1.165) is 22.6 Å². The molecule has 0 aliphatic carbocycles. The molecule has 1 amide bonds. The van der Waals surface area contributed by atoms with Gasteiger partial charge in [0.25, 0.3) is 5.91 Å². The largest absolute Gasteiger partial charge is 0.469 e. The minimum atomic E-state index is -0.294. The number of nitrogens with one attached hydrogen (secondary N) is 1. The quantitative estimate of drug-likeness (QED) is 0.532. The summed E-state index contributed by atoms with van der Waals surface area (Å²) in [6, 6.07) is 11.9. The highest BCUT2D eigenvalue weighted by Gasteiger charge is 2.15. The molecule has 0 fully saturated rings. The van der Waals surface area contributed by atoms with Crippen LogP contribution < -0.4 is 5.32 Å². The van der Waals surface area contributed by atoms with Crippen molar-refractivity contribution in [3.63, 3.8) is 0 Å². The maximum absolute atomic E-state index is 12.5. The number of aryl methyl sites for hydroxylation is 1. The van der Waals surface area contributed by atoms with Gasteiger partial charge in [-0.1, -0.05) is 23.2 Å². The first kappa shape index (κ1) is 21.9. The Morgan fingerprint density at radius 1 is 1.10 bits per heavy atom. The van der Waals surface area contributed by atoms with E-state index < -0.39 is 0 Å². The predicted octanol–water partition coefficient (Wildman–Crippen LogP) is 5.15. The Morgan fingerprint density at radius 3 is 2.47 bits per heavy atom. The number of amides is 1. The van der Waals surface area contributed by atoms with Crippen molar-refractivity contribution < 1.29 is 14.3 Å². The van der Waals surface area contributed by atoms with Gasteiger partial charge in [-0.3, -0.25) is 9.59 Å². The third-order valence-corrected chi connectivity index (χ3v) is 5.36. The Kier molecular flexibility index (Phi) is 6.80. The normalized spacial score (nSPS) is 10.7. The van der Waals surface area contributed by atoms with Gasteiger partial charge in [0.15, 0.2) is 0 Å². The summed E-state index contributed by atoms with van der Waals surface area (Å²) in [5.41, 5.74) is 4.55. The molecule has 1 heterocycles. The number of hydrogen-bond donors (Lipinski definition) is 1. The van der Waals surface area contributed by atoms with Crippen molar-refractivity contribution in [2.75, 3.05) is 12.4 Å². The number of esters is 1. The summed E-state index contributed by atoms with van der Waals surface area (Å²) in [6.07, 6.45) is 0.861. The number of nitrogens with zero attached hydrogens (tertiary/aromatic N) is 2. The molecule has 156 valence electrons. The number of anilines is 1. The summed E-state index contributed by atoms with van der Waals surface area (Å²) in [5.74, 6) is -0.547. The molecule has 0 aliphatic rings. The van der Waals surface area contributed by atoms with Gasteiger partial charge in [-0.25, -0.2) is 4.68 Å². The van der Waals surface area contributed by atoms with Crippen molar-refractivity contribution in [2.24, 2.45) is 0 Å². The molecular formula is C22H21Cl2N3O3. The maximum atomic E-state index is 12.5. The third kappa shape index (κ3) is 4.83. The van der Waals surface area contributed by atoms with E-state index in [1.165, 1.54) is 7.11 Å². The van der Waals surface area contributed by atoms with E-state index >= 15 is 0 Å². The van der Waals surface area contributed by atoms with Crippen LogP contribution in [0.3, 0.4) is 0 Å². The lowest BCUT2D eigenvalue weighted by molar-refractivity contribution is -0.140. The van der Waals surface area contributed by atoms with Gasteiger partial charge in [-0.15, -0.1) is 0 Å². The topological polar surface area (TPSA) is 73.2 Å². The Bertz CT molecular complexity index is 1090. The second kappa shape index (κ2) is 9.32. The molecule has 0 bridgehead atoms. The molecule has 0 radical (unpaired) electrons. The first-order valence-electron chi connectivity index (χ1n) is 9.29. The van der Waals surface area contributed by atoms with Crippen molar-refractivity contribution in [3.05, 3.63) is 75.0 Å². The lowest BCUT2D eigenvalue weighted by Crippen LogP contribution is -2.12. The standard InChI is InChI=1S/C22H21Cl2N3O3/c1-13-18(9-11-21(28)30-3)14(2)27(26-13)17-7-4-15(5-8-17)22(29)25-20-12-16(23)6-10-19(20)24/h4-8,10,12H,9,11H2,1-3H3,(H,25,29). The van der Waals surface area contributed by atoms with E-state index in [2.05, 4.69) is 10.4 Å². The molecule has 0 atom stereocenters. The molecule has 0 spiro atoms. The number of ether oxygens (including phenoxy) is 1. The number of aromatic nitrogens is 2. The highest BCUT2D eigenvalue weighted by Crippen LogP contribution is 2.26. The zero-order valence-corrected chi connectivity index (χ0v) is 18.3. The van der Waals surface area contributed by atoms with Gasteiger partial charge in [0.2, 0.25) is 0 Å². The van der Waals surface area contributed by atoms with Crippen LogP contribution >= 0.6 is 23.2 Å². The fourth-order valence-electron chi connectivity index (χ4n) is 3.16. The molecule has 3 rings (SSSR count). The number of rotatable bonds is 6. The average molecular weight is 446 g/mol. The average Bonchev–Trinajstić information content (AvgIpc) is 3.02. The van der Waals surface area contributed by atoms with Gasteiger partial charge in [-0.2, -0.15) is 5.10 Å². The summed E-state index contributed by atoms with van der Waals surface area (Å²) in [5, 5.41) is 8.23. The lowest BCUT2D eigenvalue weighted by Gasteiger charge is -2.09. The lowest BCUT2D eigenvalue weighted by atomic mass is 10.1. The molecule has 6 nitrogen and oxygen atoms in total. The van der Waals surface area contributed by atoms with E-state index in [-0.39, 0.29) is 11.9 Å². The van der Waals surface area contributed by atoms with Gasteiger partial charge in [-0.05, 0) is 68.3 Å². The van der Waals surface area contributed by atoms with Crippen molar-refractivity contribution in [1.29, 1.82) is 0 Å². The van der Waals surface area contributed by atoms with Crippen LogP contribution in [-0.4, -0.2) is 28.8 Å². The molecule has 0 aliphatic heterocycles. The van der Waals surface area contributed by atoms with Crippen LogP contribution in [0, 0.1) is 13.8 Å². The molecule has 1 N–H and O–H groups in total. The van der Waals surface area contributed by atoms with Crippen molar-refractivity contribution in [3.8, 4) is 5.69 Å². The summed E-state index contributed by atoms with van der Waals surface area (Å²) in [7, 11) is 1.38. The third-order valence-electron chi connectivity index (χ3n) is 4.80. The van der Waals surface area contributed by atoms with Crippen LogP contribution in [0.5, 0.6) is 0 Å². The van der Waals surface area contributed by atoms with Crippen molar-refractivity contribution in [1.82, 2.24) is 9.78 Å². The van der Waals surface area contributed by atoms with E-state index in [1.54, 1.807) is 35.0 Å². The van der Waals surface area contributed by atoms with Gasteiger partial charge in [0, 0.05) is 22.7 Å². The Labute approximate surface area is 184 Å². The molecule has 0 unspecified atom stereocenters. The molecular weight excluding hydrogens is 425 g/mol. The van der Waals surface area contributed by atoms with E-state index in [1.807, 2.05) is 26.0 Å². The maximum Gasteiger partial charge on any atom is 0.305 e. The highest BCUT2D eigenvalue weighted by atomic mass is 35.5. The van der Waals surface area contributed by atoms with Crippen LogP contribution in [0.2, 0.25) is 10.0 Å². The second-order valence-electron chi connectivity index (χ2n) is 6.76. The number of halogens is 2. The Morgan fingerprint density at radius 2 is 1.80 bits per heavy atom. The predicted molar refractivity (Wildman–Crippen MR) is 118 cm³/mol. The zero-order valence-electron chi connectivity index (χ0n) is 16.8. The monoisotopic (exact) mass is 445 g/mol. The Hall–Kier alpha value is -2.83. The number of carbonyl (C=O) groups excluding carboxylic acids is 2. The fourth-order valence-corrected chi connectivity index (χ4v) is 3.50. The van der Waals surface area contributed by atoms with Crippen LogP contribution in [-0.2, 0) is 16.0 Å². The van der Waals surface area contributed by atoms with E-state index in [9.17, 15) is 9.59 Å². The zero-order chi connectivity index (χ0) is 21.8. The first-order chi connectivity index (χ1) is 14.3. The van der Waals surface area contributed by atoms with Gasteiger partial charge >= 0.3 is 5.97 Å². The molecule has 30 heavy (non-hydrogen) atoms. The summed E-state index contributed by atoms with van der Waals surface area (Å²) >= 11 is 12.1. The minimum absolute atomic E-state index is 0.253. The number of benzene rings is 2. The second-order valence-corrected chi connectivity index (χ2v) is 7.61. The summed E-state index contributed by atoms with van der Waals surface area (Å²) in [4.78, 5) is 24.0. The molecule has 3 aromatic rings. The summed E-state index contributed by atoms with van der Waals surface area (Å²) in [6.45, 7) is 3.86. The Balaban J connectivity index is 1.78. The molecule has 1 aromatic heterocycles. The highest BCUT2D eigenvalue weighted by molar-refractivity contribution is 6.35. The van der Waals surface area contributed by atoms with Gasteiger partial charge < -0.3 is 10.1 Å². The van der Waals surface area contributed by atoms with Crippen LogP contribution in [0.25, 0.3) is 5.69 Å². The van der Waals surface area contributed by atoms with Crippen LogP contribution in [0.1, 0.15) is 33.7 Å². The number of methoxy groups -OCH3 is 1. The van der Waals surface area contributed by atoms with Crippen molar-refractivity contribution >= 4 is 40.8 Å². The van der Waals surface area contributed by atoms with Gasteiger partial charge in [0.05, 0.1) is 29.2 Å². The van der Waals surface area contributed by atoms with Crippen LogP contribution in [0.4, 0.5) is 5.69 Å². The molecule has 2 aromatic carbocycles. The van der Waals surface area contributed by atoms with Gasteiger partial charge in [0.1, 0.15) is 0 Å². The fraction of sp³-hybridized carbons (Fsp3) is 0.227. The smallest absolute Gasteiger partial charge is 0.305 e. The van der Waals surface area contributed by atoms with E-state index in [4.69, 9.17) is 27.9 Å². The van der Waals surface area contributed by atoms with Crippen molar-refractivity contribution in [2.45, 2.75) is 26.7 Å². The molecule has 0 saturated carbocycles. The van der Waals surface area contributed by atoms with Crippen LogP contribution in [0.15, 0.2) is 42.5 Å². The number of carbonyl (C=O) groups is 2. The first-order valence-corrected chi connectivity index (χ1v) is 10.0.